The maximum absolute atomic E-state index is 6.37. The molecular weight excluding hydrogens is 342 g/mol. The van der Waals surface area contributed by atoms with Gasteiger partial charge in [-0.25, -0.2) is 0 Å². The van der Waals surface area contributed by atoms with Crippen molar-refractivity contribution < 1.29 is 9.47 Å². The highest BCUT2D eigenvalue weighted by atomic mass is 16.5. The van der Waals surface area contributed by atoms with E-state index in [1.165, 1.54) is 0 Å². The summed E-state index contributed by atoms with van der Waals surface area (Å²) in [7, 11) is 0. The molecule has 1 aliphatic heterocycles. The lowest BCUT2D eigenvalue weighted by atomic mass is 9.93. The third-order valence-corrected chi connectivity index (χ3v) is 5.28. The molecule has 2 aliphatic rings. The Kier molecular flexibility index (Phi) is 5.29. The molecule has 0 radical (unpaired) electrons. The number of morpholine rings is 1. The average molecular weight is 369 g/mol. The number of rotatable bonds is 4. The normalized spacial score (nSPS) is 23.2. The minimum absolute atomic E-state index is 0.145. The van der Waals surface area contributed by atoms with E-state index in [0.717, 1.165) is 74.5 Å². The van der Waals surface area contributed by atoms with Crippen molar-refractivity contribution in [1.29, 1.82) is 0 Å². The van der Waals surface area contributed by atoms with Crippen LogP contribution in [-0.4, -0.2) is 49.4 Å². The van der Waals surface area contributed by atoms with Crippen LogP contribution in [0.25, 0.3) is 10.8 Å². The smallest absolute Gasteiger partial charge is 0.223 e. The van der Waals surface area contributed by atoms with Crippen molar-refractivity contribution in [2.75, 3.05) is 31.2 Å². The van der Waals surface area contributed by atoms with E-state index in [4.69, 9.17) is 25.9 Å². The molecule has 144 valence electrons. The highest BCUT2D eigenvalue weighted by molar-refractivity contribution is 5.89. The minimum atomic E-state index is 0.145. The van der Waals surface area contributed by atoms with Gasteiger partial charge >= 0.3 is 0 Å². The zero-order valence-corrected chi connectivity index (χ0v) is 15.5. The Balaban J connectivity index is 1.54. The van der Waals surface area contributed by atoms with Crippen molar-refractivity contribution in [3.8, 4) is 5.88 Å². The number of anilines is 1. The van der Waals surface area contributed by atoms with Crippen LogP contribution in [-0.2, 0) is 4.74 Å². The number of ether oxygens (including phenoxy) is 2. The van der Waals surface area contributed by atoms with Crippen LogP contribution in [0.2, 0.25) is 0 Å². The van der Waals surface area contributed by atoms with E-state index in [9.17, 15) is 0 Å². The molecule has 0 unspecified atom stereocenters. The van der Waals surface area contributed by atoms with Crippen molar-refractivity contribution in [2.45, 2.75) is 37.8 Å². The lowest BCUT2D eigenvalue weighted by Crippen LogP contribution is -2.36. The van der Waals surface area contributed by atoms with E-state index in [1.807, 2.05) is 6.07 Å². The van der Waals surface area contributed by atoms with E-state index in [1.54, 1.807) is 0 Å². The fourth-order valence-corrected chi connectivity index (χ4v) is 3.86. The molecular formula is C20H27N5O2. The van der Waals surface area contributed by atoms with Crippen LogP contribution in [0.15, 0.2) is 35.3 Å². The van der Waals surface area contributed by atoms with Gasteiger partial charge in [0.1, 0.15) is 11.9 Å². The third-order valence-electron chi connectivity index (χ3n) is 5.28. The Morgan fingerprint density at radius 2 is 1.85 bits per heavy atom. The maximum atomic E-state index is 6.37. The predicted molar refractivity (Wildman–Crippen MR) is 107 cm³/mol. The van der Waals surface area contributed by atoms with E-state index in [2.05, 4.69) is 34.2 Å². The number of nitrogens with two attached hydrogens (primary N) is 2. The van der Waals surface area contributed by atoms with Gasteiger partial charge in [-0.05, 0) is 43.2 Å². The Bertz CT molecular complexity index is 807. The molecule has 0 atom stereocenters. The molecule has 1 saturated carbocycles. The number of hydrogen-bond acceptors (Lipinski definition) is 5. The van der Waals surface area contributed by atoms with Crippen LogP contribution in [0.5, 0.6) is 5.88 Å². The van der Waals surface area contributed by atoms with Crippen molar-refractivity contribution in [3.05, 3.63) is 30.3 Å². The molecule has 1 aromatic heterocycles. The second-order valence-corrected chi connectivity index (χ2v) is 7.21. The second kappa shape index (κ2) is 8.00. The lowest BCUT2D eigenvalue weighted by molar-refractivity contribution is 0.122. The molecule has 1 aromatic carbocycles. The minimum Gasteiger partial charge on any atom is -0.474 e. The lowest BCUT2D eigenvalue weighted by Gasteiger charge is -2.30. The van der Waals surface area contributed by atoms with Crippen LogP contribution in [0, 0.1) is 0 Å². The molecule has 0 spiro atoms. The number of guanidine groups is 1. The first kappa shape index (κ1) is 17.9. The van der Waals surface area contributed by atoms with E-state index >= 15 is 0 Å². The largest absolute Gasteiger partial charge is 0.474 e. The van der Waals surface area contributed by atoms with Gasteiger partial charge in [-0.1, -0.05) is 18.2 Å². The summed E-state index contributed by atoms with van der Waals surface area (Å²) in [5.74, 6) is 1.85. The summed E-state index contributed by atoms with van der Waals surface area (Å²) in [5, 5.41) is 2.21. The second-order valence-electron chi connectivity index (χ2n) is 7.21. The third kappa shape index (κ3) is 4.24. The molecule has 0 bridgehead atoms. The van der Waals surface area contributed by atoms with Crippen molar-refractivity contribution >= 4 is 22.5 Å². The fourth-order valence-electron chi connectivity index (χ4n) is 3.86. The van der Waals surface area contributed by atoms with E-state index < -0.39 is 0 Å². The number of benzene rings is 1. The van der Waals surface area contributed by atoms with Crippen LogP contribution >= 0.6 is 0 Å². The average Bonchev–Trinajstić information content (AvgIpc) is 2.70. The Morgan fingerprint density at radius 1 is 1.11 bits per heavy atom. The molecule has 7 nitrogen and oxygen atoms in total. The predicted octanol–water partition coefficient (Wildman–Crippen LogP) is 2.03. The SMILES string of the molecule is NC(N)=NC1CCC(Oc2nc(N3CCOCC3)cc3ccccc23)CC1. The summed E-state index contributed by atoms with van der Waals surface area (Å²) in [5.41, 5.74) is 11.0. The van der Waals surface area contributed by atoms with Crippen LogP contribution in [0.4, 0.5) is 5.82 Å². The summed E-state index contributed by atoms with van der Waals surface area (Å²) in [6, 6.07) is 10.6. The Morgan fingerprint density at radius 3 is 2.59 bits per heavy atom. The van der Waals surface area contributed by atoms with Crippen LogP contribution < -0.4 is 21.1 Å². The van der Waals surface area contributed by atoms with Gasteiger partial charge in [-0.3, -0.25) is 4.99 Å². The summed E-state index contributed by atoms with van der Waals surface area (Å²) in [6.07, 6.45) is 3.87. The van der Waals surface area contributed by atoms with Crippen molar-refractivity contribution in [2.24, 2.45) is 16.5 Å². The van der Waals surface area contributed by atoms with Gasteiger partial charge in [0, 0.05) is 18.5 Å². The summed E-state index contributed by atoms with van der Waals surface area (Å²) in [6.45, 7) is 3.18. The summed E-state index contributed by atoms with van der Waals surface area (Å²) >= 11 is 0. The molecule has 4 N–H and O–H groups in total. The number of aromatic nitrogens is 1. The monoisotopic (exact) mass is 369 g/mol. The standard InChI is InChI=1S/C20H27N5O2/c21-20(22)23-15-5-7-16(8-6-15)27-19-17-4-2-1-3-14(17)13-18(24-19)25-9-11-26-12-10-25/h1-4,13,15-16H,5-12H2,(H4,21,22,23). The molecule has 2 aromatic rings. The molecule has 4 rings (SSSR count). The Hall–Kier alpha value is -2.54. The molecule has 27 heavy (non-hydrogen) atoms. The topological polar surface area (TPSA) is 99.0 Å². The molecule has 2 fully saturated rings. The van der Waals surface area contributed by atoms with E-state index in [-0.39, 0.29) is 18.1 Å². The van der Waals surface area contributed by atoms with Gasteiger partial charge in [0.15, 0.2) is 5.96 Å². The first-order valence-electron chi connectivity index (χ1n) is 9.67. The number of fused-ring (bicyclic) bond motifs is 1. The zero-order valence-electron chi connectivity index (χ0n) is 15.5. The quantitative estimate of drug-likeness (QED) is 0.632. The molecule has 2 heterocycles. The van der Waals surface area contributed by atoms with Crippen molar-refractivity contribution in [3.63, 3.8) is 0 Å². The summed E-state index contributed by atoms with van der Waals surface area (Å²) in [4.78, 5) is 11.4. The Labute approximate surface area is 159 Å². The van der Waals surface area contributed by atoms with Crippen molar-refractivity contribution in [1.82, 2.24) is 4.98 Å². The summed E-state index contributed by atoms with van der Waals surface area (Å²) < 4.78 is 11.8. The first-order valence-corrected chi connectivity index (χ1v) is 9.67. The maximum Gasteiger partial charge on any atom is 0.223 e. The number of pyridine rings is 1. The number of nitrogens with zero attached hydrogens (tertiary/aromatic N) is 3. The van der Waals surface area contributed by atoms with Gasteiger partial charge in [0.25, 0.3) is 0 Å². The first-order chi connectivity index (χ1) is 13.2. The van der Waals surface area contributed by atoms with Crippen LogP contribution in [0.1, 0.15) is 25.7 Å². The van der Waals surface area contributed by atoms with Gasteiger partial charge in [0.05, 0.1) is 19.3 Å². The highest BCUT2D eigenvalue weighted by Crippen LogP contribution is 2.32. The fraction of sp³-hybridized carbons (Fsp3) is 0.500. The molecule has 7 heteroatoms. The number of aliphatic imine (C=N–C) groups is 1. The highest BCUT2D eigenvalue weighted by Gasteiger charge is 2.24. The van der Waals surface area contributed by atoms with Gasteiger partial charge in [0.2, 0.25) is 5.88 Å². The van der Waals surface area contributed by atoms with Gasteiger partial charge in [-0.15, -0.1) is 0 Å². The van der Waals surface area contributed by atoms with E-state index in [0.29, 0.717) is 0 Å². The number of hydrogen-bond donors (Lipinski definition) is 2. The molecule has 1 saturated heterocycles. The van der Waals surface area contributed by atoms with Crippen LogP contribution in [0.3, 0.4) is 0 Å². The van der Waals surface area contributed by atoms with Gasteiger partial charge < -0.3 is 25.8 Å². The molecule has 1 aliphatic carbocycles. The van der Waals surface area contributed by atoms with Gasteiger partial charge in [-0.2, -0.15) is 4.98 Å². The molecule has 0 amide bonds. The zero-order chi connectivity index (χ0) is 18.6.